The van der Waals surface area contributed by atoms with Gasteiger partial charge in [0.05, 0.1) is 6.61 Å². The normalized spacial score (nSPS) is 15.7. The molecule has 0 aromatic heterocycles. The molecule has 9 heteroatoms. The molecule has 0 aliphatic rings. The van der Waals surface area contributed by atoms with Crippen molar-refractivity contribution >= 4 is 32.7 Å². The molecule has 3 atom stereocenters. The molecule has 0 radical (unpaired) electrons. The quantitative estimate of drug-likeness (QED) is 0.450. The van der Waals surface area contributed by atoms with E-state index in [2.05, 4.69) is 24.3 Å². The van der Waals surface area contributed by atoms with Crippen LogP contribution in [0.1, 0.15) is 6.92 Å². The molecule has 2 rings (SSSR count). The maximum atomic E-state index is 12.0. The minimum Gasteiger partial charge on any atom is -0.338 e. The molecule has 1 N–H and O–H groups in total. The summed E-state index contributed by atoms with van der Waals surface area (Å²) in [5.74, 6) is 3.81. The van der Waals surface area contributed by atoms with Gasteiger partial charge in [-0.25, -0.2) is 0 Å². The van der Waals surface area contributed by atoms with Gasteiger partial charge >= 0.3 is 0 Å². The zero-order valence-corrected chi connectivity index (χ0v) is 20.8. The maximum Gasteiger partial charge on any atom is 0.253 e. The van der Waals surface area contributed by atoms with E-state index in [-0.39, 0.29) is 0 Å². The summed E-state index contributed by atoms with van der Waals surface area (Å²) in [5.41, 5.74) is 0. The number of hydrogen-bond acceptors (Lipinski definition) is 5. The molecule has 2 aromatic rings. The van der Waals surface area contributed by atoms with Crippen LogP contribution in [0.15, 0.2) is 97.9 Å². The van der Waals surface area contributed by atoms with E-state index in [0.717, 1.165) is 5.82 Å². The van der Waals surface area contributed by atoms with E-state index in [1.54, 1.807) is 42.5 Å². The van der Waals surface area contributed by atoms with Crippen LogP contribution < -0.4 is 10.6 Å². The third kappa shape index (κ3) is 10.9. The van der Waals surface area contributed by atoms with Gasteiger partial charge < -0.3 is 13.9 Å². The van der Waals surface area contributed by atoms with E-state index in [9.17, 15) is 18.6 Å². The lowest BCUT2D eigenvalue weighted by Crippen LogP contribution is -2.04. The largest absolute Gasteiger partial charge is 0.338 e. The highest BCUT2D eigenvalue weighted by atomic mass is 31.2. The number of benzene rings is 2. The molecule has 3 unspecified atom stereocenters. The first-order valence-corrected chi connectivity index (χ1v) is 14.8. The molecule has 0 aliphatic heterocycles. The Morgan fingerprint density at radius 2 is 1.29 bits per heavy atom. The van der Waals surface area contributed by atoms with Gasteiger partial charge in [0.25, 0.3) is 14.7 Å². The van der Waals surface area contributed by atoms with Crippen LogP contribution in [0.3, 0.4) is 0 Å². The Labute approximate surface area is 185 Å². The van der Waals surface area contributed by atoms with Crippen LogP contribution in [-0.2, 0) is 22.7 Å². The summed E-state index contributed by atoms with van der Waals surface area (Å²) in [4.78, 5) is 9.23. The molecular formula is C22H31O6P3. The smallest absolute Gasteiger partial charge is 0.253 e. The van der Waals surface area contributed by atoms with Gasteiger partial charge in [-0.15, -0.1) is 0 Å². The lowest BCUT2D eigenvalue weighted by atomic mass is 10.4. The van der Waals surface area contributed by atoms with E-state index >= 15 is 0 Å². The van der Waals surface area contributed by atoms with Crippen molar-refractivity contribution in [1.82, 2.24) is 0 Å². The summed E-state index contributed by atoms with van der Waals surface area (Å²) in [7, 11) is -7.04. The summed E-state index contributed by atoms with van der Waals surface area (Å²) >= 11 is 0. The van der Waals surface area contributed by atoms with Crippen LogP contribution in [0, 0.1) is 0 Å². The molecule has 0 bridgehead atoms. The summed E-state index contributed by atoms with van der Waals surface area (Å²) in [6.45, 7) is 13.9. The molecule has 0 aliphatic carbocycles. The van der Waals surface area contributed by atoms with Crippen molar-refractivity contribution in [1.29, 1.82) is 0 Å². The number of rotatable bonds is 8. The Balaban J connectivity index is 0.000000457. The summed E-state index contributed by atoms with van der Waals surface area (Å²) in [5, 5.41) is 1.13. The fourth-order valence-corrected chi connectivity index (χ4v) is 4.28. The first kappa shape index (κ1) is 29.2. The maximum absolute atomic E-state index is 12.0. The fraction of sp³-hybridized carbons (Fsp3) is 0.182. The first-order valence-electron chi connectivity index (χ1n) is 9.23. The van der Waals surface area contributed by atoms with Gasteiger partial charge in [0.1, 0.15) is 0 Å². The molecule has 0 saturated carbocycles. The van der Waals surface area contributed by atoms with Crippen LogP contribution >= 0.6 is 22.1 Å². The monoisotopic (exact) mass is 484 g/mol. The van der Waals surface area contributed by atoms with E-state index in [4.69, 9.17) is 4.52 Å². The van der Waals surface area contributed by atoms with Crippen molar-refractivity contribution < 1.29 is 27.6 Å². The topological polar surface area (TPSA) is 89.9 Å². The van der Waals surface area contributed by atoms with E-state index < -0.39 is 22.1 Å². The van der Waals surface area contributed by atoms with Crippen molar-refractivity contribution in [3.8, 4) is 0 Å². The zero-order valence-electron chi connectivity index (χ0n) is 18.2. The molecule has 170 valence electrons. The third-order valence-corrected chi connectivity index (χ3v) is 8.81. The predicted octanol–water partition coefficient (Wildman–Crippen LogP) is 6.18. The standard InChI is InChI=1S/C10H13O2P.C8H9O2P.C4H9O2P/c1-3-12-13(11,4-2)10-8-6-5-7-9-10;1-2-11(9,10)8-6-4-3-5-7-8;1-4-7(3,5)6-2/h4-9H,2-3H2,1H3;2-7H,1H2,(H,9,10);4H,1H2,2-3H3. The highest BCUT2D eigenvalue weighted by Crippen LogP contribution is 2.46. The van der Waals surface area contributed by atoms with Gasteiger partial charge in [0.15, 0.2) is 0 Å². The van der Waals surface area contributed by atoms with E-state index in [1.165, 1.54) is 25.4 Å². The predicted molar refractivity (Wildman–Crippen MR) is 132 cm³/mol. The number of hydrogen-bond donors (Lipinski definition) is 1. The molecule has 6 nitrogen and oxygen atoms in total. The average Bonchev–Trinajstić information content (AvgIpc) is 2.81. The Morgan fingerprint density at radius 1 is 0.839 bits per heavy atom. The van der Waals surface area contributed by atoms with Crippen molar-refractivity contribution in [2.45, 2.75) is 6.92 Å². The van der Waals surface area contributed by atoms with Gasteiger partial charge in [0.2, 0.25) is 7.37 Å². The summed E-state index contributed by atoms with van der Waals surface area (Å²) < 4.78 is 43.6. The van der Waals surface area contributed by atoms with E-state index in [0.29, 0.717) is 17.2 Å². The third-order valence-electron chi connectivity index (χ3n) is 3.75. The minimum absolute atomic E-state index is 0.426. The van der Waals surface area contributed by atoms with Crippen molar-refractivity contribution in [2.24, 2.45) is 0 Å². The lowest BCUT2D eigenvalue weighted by Gasteiger charge is -2.12. The van der Waals surface area contributed by atoms with Crippen LogP contribution in [-0.4, -0.2) is 25.3 Å². The van der Waals surface area contributed by atoms with Gasteiger partial charge in [-0.05, 0) is 48.6 Å². The summed E-state index contributed by atoms with van der Waals surface area (Å²) in [6, 6.07) is 17.6. The van der Waals surface area contributed by atoms with Gasteiger partial charge in [0, 0.05) is 24.4 Å². The molecule has 0 spiro atoms. The Kier molecular flexibility index (Phi) is 13.5. The average molecular weight is 484 g/mol. The molecule has 0 fully saturated rings. The van der Waals surface area contributed by atoms with Crippen LogP contribution in [0.4, 0.5) is 0 Å². The van der Waals surface area contributed by atoms with Crippen LogP contribution in [0.5, 0.6) is 0 Å². The highest BCUT2D eigenvalue weighted by molar-refractivity contribution is 7.70. The van der Waals surface area contributed by atoms with Gasteiger partial charge in [-0.3, -0.25) is 13.7 Å². The molecular weight excluding hydrogens is 453 g/mol. The molecule has 31 heavy (non-hydrogen) atoms. The molecule has 0 amide bonds. The second-order valence-electron chi connectivity index (χ2n) is 5.95. The van der Waals surface area contributed by atoms with Crippen LogP contribution in [0.25, 0.3) is 0 Å². The first-order chi connectivity index (χ1) is 14.5. The Morgan fingerprint density at radius 3 is 1.58 bits per heavy atom. The zero-order chi connectivity index (χ0) is 24.0. The van der Waals surface area contributed by atoms with Gasteiger partial charge in [-0.2, -0.15) is 0 Å². The molecule has 2 aromatic carbocycles. The lowest BCUT2D eigenvalue weighted by molar-refractivity contribution is 0.347. The van der Waals surface area contributed by atoms with Gasteiger partial charge in [-0.1, -0.05) is 56.1 Å². The Hall–Kier alpha value is -1.77. The minimum atomic E-state index is -3.26. The second-order valence-corrected chi connectivity index (χ2v) is 13.0. The highest BCUT2D eigenvalue weighted by Gasteiger charge is 2.20. The fourth-order valence-electron chi connectivity index (χ4n) is 1.88. The van der Waals surface area contributed by atoms with Crippen molar-refractivity contribution in [3.05, 3.63) is 97.9 Å². The van der Waals surface area contributed by atoms with Crippen molar-refractivity contribution in [3.63, 3.8) is 0 Å². The van der Waals surface area contributed by atoms with Crippen LogP contribution in [0.2, 0.25) is 0 Å². The molecule has 0 saturated heterocycles. The molecule has 0 heterocycles. The van der Waals surface area contributed by atoms with Crippen molar-refractivity contribution in [2.75, 3.05) is 20.4 Å². The van der Waals surface area contributed by atoms with E-state index in [1.807, 2.05) is 25.1 Å². The Bertz CT molecular complexity index is 958. The second kappa shape index (κ2) is 14.3. The summed E-state index contributed by atoms with van der Waals surface area (Å²) in [6.07, 6.45) is 0. The SMILES string of the molecule is C=CP(=O)(O)c1ccccc1.C=CP(=O)(OCC)c1ccccc1.C=CP(C)(=O)OC.